The lowest BCUT2D eigenvalue weighted by Crippen LogP contribution is -2.42. The monoisotopic (exact) mass is 300 g/mol. The first-order chi connectivity index (χ1) is 10.0. The molecular formula is C14H24N2O5. The van der Waals surface area contributed by atoms with Crippen molar-refractivity contribution in [2.24, 2.45) is 0 Å². The van der Waals surface area contributed by atoms with Crippen LogP contribution in [-0.4, -0.2) is 60.1 Å². The first kappa shape index (κ1) is 17.4. The largest absolute Gasteiger partial charge is 0.480 e. The topological polar surface area (TPSA) is 95.9 Å². The van der Waals surface area contributed by atoms with E-state index in [-0.39, 0.29) is 31.9 Å². The maximum Gasteiger partial charge on any atom is 0.320 e. The minimum atomic E-state index is -1.06. The Kier molecular flexibility index (Phi) is 7.74. The minimum Gasteiger partial charge on any atom is -0.480 e. The van der Waals surface area contributed by atoms with E-state index >= 15 is 0 Å². The standard InChI is InChI=1S/C14H24N2O5/c1-2-21-13(18)10-15-11(14(19)20)6-7-12(17)16-8-4-3-5-9-16/h11,15H,2-10H2,1H3,(H,19,20)/t11-/m1/s1. The molecule has 1 rings (SSSR count). The molecule has 1 heterocycles. The second kappa shape index (κ2) is 9.33. The van der Waals surface area contributed by atoms with Gasteiger partial charge in [0.1, 0.15) is 6.04 Å². The highest BCUT2D eigenvalue weighted by atomic mass is 16.5. The van der Waals surface area contributed by atoms with Crippen LogP contribution in [0.1, 0.15) is 39.0 Å². The van der Waals surface area contributed by atoms with Gasteiger partial charge < -0.3 is 14.7 Å². The molecule has 1 fully saturated rings. The minimum absolute atomic E-state index is 0.0149. The van der Waals surface area contributed by atoms with E-state index in [0.717, 1.165) is 32.4 Å². The Labute approximate surface area is 124 Å². The van der Waals surface area contributed by atoms with Crippen molar-refractivity contribution in [1.82, 2.24) is 10.2 Å². The molecule has 7 nitrogen and oxygen atoms in total. The lowest BCUT2D eigenvalue weighted by atomic mass is 10.1. The highest BCUT2D eigenvalue weighted by Gasteiger charge is 2.22. The maximum absolute atomic E-state index is 12.0. The summed E-state index contributed by atoms with van der Waals surface area (Å²) in [6, 6.07) is -0.914. The summed E-state index contributed by atoms with van der Waals surface area (Å²) in [6.07, 6.45) is 3.50. The fourth-order valence-electron chi connectivity index (χ4n) is 2.30. The van der Waals surface area contributed by atoms with Gasteiger partial charge in [-0.25, -0.2) is 0 Å². The van der Waals surface area contributed by atoms with Crippen LogP contribution in [0.25, 0.3) is 0 Å². The molecule has 21 heavy (non-hydrogen) atoms. The average Bonchev–Trinajstić information content (AvgIpc) is 2.47. The first-order valence-corrected chi connectivity index (χ1v) is 7.44. The van der Waals surface area contributed by atoms with Gasteiger partial charge in [-0.2, -0.15) is 0 Å². The van der Waals surface area contributed by atoms with Gasteiger partial charge in [0.2, 0.25) is 5.91 Å². The number of carbonyl (C=O) groups excluding carboxylic acids is 2. The fourth-order valence-corrected chi connectivity index (χ4v) is 2.30. The van der Waals surface area contributed by atoms with E-state index in [2.05, 4.69) is 5.32 Å². The summed E-state index contributed by atoms with van der Waals surface area (Å²) < 4.78 is 4.72. The summed E-state index contributed by atoms with van der Waals surface area (Å²) in [7, 11) is 0. The third kappa shape index (κ3) is 6.57. The van der Waals surface area contributed by atoms with Crippen LogP contribution in [0.5, 0.6) is 0 Å². The van der Waals surface area contributed by atoms with Crippen LogP contribution in [0.3, 0.4) is 0 Å². The highest BCUT2D eigenvalue weighted by molar-refractivity contribution is 5.79. The lowest BCUT2D eigenvalue weighted by Gasteiger charge is -2.27. The number of likely N-dealkylation sites (tertiary alicyclic amines) is 1. The SMILES string of the molecule is CCOC(=O)CN[C@H](CCC(=O)N1CCCCC1)C(=O)O. The molecule has 1 atom stereocenters. The van der Waals surface area contributed by atoms with Crippen molar-refractivity contribution in [3.05, 3.63) is 0 Å². The van der Waals surface area contributed by atoms with Gasteiger partial charge in [-0.05, 0) is 32.6 Å². The van der Waals surface area contributed by atoms with Crippen LogP contribution in [-0.2, 0) is 19.1 Å². The molecule has 1 saturated heterocycles. The number of esters is 1. The Bertz CT molecular complexity index is 366. The number of amides is 1. The zero-order valence-corrected chi connectivity index (χ0v) is 12.5. The number of carbonyl (C=O) groups is 3. The summed E-state index contributed by atoms with van der Waals surface area (Å²) in [6.45, 7) is 3.29. The summed E-state index contributed by atoms with van der Waals surface area (Å²) in [4.78, 5) is 36.1. The third-order valence-corrected chi connectivity index (χ3v) is 3.45. The normalized spacial score (nSPS) is 16.3. The molecule has 0 aromatic carbocycles. The molecule has 2 N–H and O–H groups in total. The van der Waals surface area contributed by atoms with E-state index < -0.39 is 18.0 Å². The van der Waals surface area contributed by atoms with Crippen LogP contribution in [0, 0.1) is 0 Å². The number of aliphatic carboxylic acids is 1. The van der Waals surface area contributed by atoms with E-state index in [1.165, 1.54) is 0 Å². The Balaban J connectivity index is 2.34. The van der Waals surface area contributed by atoms with Gasteiger partial charge in [0.25, 0.3) is 0 Å². The summed E-state index contributed by atoms with van der Waals surface area (Å²) in [5, 5.41) is 11.7. The van der Waals surface area contributed by atoms with Gasteiger partial charge in [0, 0.05) is 19.5 Å². The summed E-state index contributed by atoms with van der Waals surface area (Å²) in [5.74, 6) is -1.57. The number of carboxylic acids is 1. The van der Waals surface area contributed by atoms with Crippen LogP contribution in [0.4, 0.5) is 0 Å². The summed E-state index contributed by atoms with van der Waals surface area (Å²) in [5.41, 5.74) is 0. The second-order valence-corrected chi connectivity index (χ2v) is 5.06. The predicted octanol–water partition coefficient (Wildman–Crippen LogP) is 0.385. The van der Waals surface area contributed by atoms with Gasteiger partial charge in [0.15, 0.2) is 0 Å². The van der Waals surface area contributed by atoms with Crippen LogP contribution in [0.2, 0.25) is 0 Å². The molecule has 1 aliphatic rings. The Hall–Kier alpha value is -1.63. The molecule has 0 bridgehead atoms. The van der Waals surface area contributed by atoms with E-state index in [9.17, 15) is 14.4 Å². The second-order valence-electron chi connectivity index (χ2n) is 5.06. The quantitative estimate of drug-likeness (QED) is 0.629. The average molecular weight is 300 g/mol. The maximum atomic E-state index is 12.0. The molecular weight excluding hydrogens is 276 g/mol. The number of piperidine rings is 1. The molecule has 0 aromatic rings. The van der Waals surface area contributed by atoms with E-state index in [1.54, 1.807) is 11.8 Å². The van der Waals surface area contributed by atoms with Crippen molar-refractivity contribution in [3.8, 4) is 0 Å². The highest BCUT2D eigenvalue weighted by Crippen LogP contribution is 2.11. The molecule has 0 unspecified atom stereocenters. The van der Waals surface area contributed by atoms with Gasteiger partial charge >= 0.3 is 11.9 Å². The van der Waals surface area contributed by atoms with Crippen molar-refractivity contribution >= 4 is 17.8 Å². The molecule has 0 aromatic heterocycles. The molecule has 120 valence electrons. The number of ether oxygens (including phenoxy) is 1. The fraction of sp³-hybridized carbons (Fsp3) is 0.786. The number of nitrogens with zero attached hydrogens (tertiary/aromatic N) is 1. The third-order valence-electron chi connectivity index (χ3n) is 3.45. The van der Waals surface area contributed by atoms with Gasteiger partial charge in [-0.15, -0.1) is 0 Å². The summed E-state index contributed by atoms with van der Waals surface area (Å²) >= 11 is 0. The number of rotatable bonds is 8. The number of hydrogen-bond acceptors (Lipinski definition) is 5. The Morgan fingerprint density at radius 1 is 1.24 bits per heavy atom. The Morgan fingerprint density at radius 3 is 2.48 bits per heavy atom. The smallest absolute Gasteiger partial charge is 0.320 e. The van der Waals surface area contributed by atoms with Crippen LogP contribution in [0.15, 0.2) is 0 Å². The van der Waals surface area contributed by atoms with Crippen molar-refractivity contribution in [2.75, 3.05) is 26.2 Å². The van der Waals surface area contributed by atoms with Gasteiger partial charge in [-0.3, -0.25) is 19.7 Å². The van der Waals surface area contributed by atoms with Crippen molar-refractivity contribution in [2.45, 2.75) is 45.1 Å². The lowest BCUT2D eigenvalue weighted by molar-refractivity contribution is -0.143. The van der Waals surface area contributed by atoms with Crippen molar-refractivity contribution in [1.29, 1.82) is 0 Å². The van der Waals surface area contributed by atoms with E-state index in [4.69, 9.17) is 9.84 Å². The van der Waals surface area contributed by atoms with Crippen molar-refractivity contribution < 1.29 is 24.2 Å². The van der Waals surface area contributed by atoms with E-state index in [1.807, 2.05) is 0 Å². The van der Waals surface area contributed by atoms with Crippen LogP contribution >= 0.6 is 0 Å². The Morgan fingerprint density at radius 2 is 1.90 bits per heavy atom. The number of hydrogen-bond donors (Lipinski definition) is 2. The zero-order chi connectivity index (χ0) is 15.7. The first-order valence-electron chi connectivity index (χ1n) is 7.44. The van der Waals surface area contributed by atoms with Crippen molar-refractivity contribution in [3.63, 3.8) is 0 Å². The predicted molar refractivity (Wildman–Crippen MR) is 75.7 cm³/mol. The molecule has 0 radical (unpaired) electrons. The van der Waals surface area contributed by atoms with Crippen LogP contribution < -0.4 is 5.32 Å². The molecule has 0 aliphatic carbocycles. The van der Waals surface area contributed by atoms with Gasteiger partial charge in [-0.1, -0.05) is 0 Å². The molecule has 1 amide bonds. The molecule has 1 aliphatic heterocycles. The number of carboxylic acid groups (broad SMARTS) is 1. The number of nitrogens with one attached hydrogen (secondary N) is 1. The molecule has 0 saturated carbocycles. The molecule has 0 spiro atoms. The van der Waals surface area contributed by atoms with Gasteiger partial charge in [0.05, 0.1) is 13.2 Å². The van der Waals surface area contributed by atoms with E-state index in [0.29, 0.717) is 0 Å². The zero-order valence-electron chi connectivity index (χ0n) is 12.5. The molecule has 7 heteroatoms.